The van der Waals surface area contributed by atoms with Crippen LogP contribution in [0.5, 0.6) is 5.75 Å². The molecule has 2 N–H and O–H groups in total. The Labute approximate surface area is 173 Å². The first kappa shape index (κ1) is 22.7. The number of hydrogen-bond acceptors (Lipinski definition) is 5. The second-order valence-corrected chi connectivity index (χ2v) is 6.73. The highest BCUT2D eigenvalue weighted by molar-refractivity contribution is 5.93. The molecule has 0 atom stereocenters. The van der Waals surface area contributed by atoms with Crippen LogP contribution in [0.4, 0.5) is 5.69 Å². The molecule has 0 fully saturated rings. The lowest BCUT2D eigenvalue weighted by molar-refractivity contribution is 0.0702. The molecule has 1 aromatic carbocycles. The first-order chi connectivity index (χ1) is 14.2. The minimum absolute atomic E-state index is 0.155. The maximum absolute atomic E-state index is 5.70. The van der Waals surface area contributed by atoms with Gasteiger partial charge < -0.3 is 29.4 Å². The van der Waals surface area contributed by atoms with Gasteiger partial charge in [0, 0.05) is 51.4 Å². The number of guanidine groups is 1. The van der Waals surface area contributed by atoms with Gasteiger partial charge in [-0.3, -0.25) is 4.99 Å². The Kier molecular flexibility index (Phi) is 10.6. The van der Waals surface area contributed by atoms with Crippen molar-refractivity contribution < 1.29 is 14.2 Å². The lowest BCUT2D eigenvalue weighted by atomic mass is 10.3. The average Bonchev–Trinajstić information content (AvgIpc) is 3.21. The van der Waals surface area contributed by atoms with Crippen LogP contribution in [0.15, 0.2) is 48.0 Å². The summed E-state index contributed by atoms with van der Waals surface area (Å²) < 4.78 is 18.2. The van der Waals surface area contributed by atoms with Crippen LogP contribution in [-0.4, -0.2) is 61.6 Å². The molecular formula is C21H33N5O3. The molecule has 0 unspecified atom stereocenters. The number of ether oxygens (including phenoxy) is 3. The third-order valence-electron chi connectivity index (χ3n) is 3.86. The quantitative estimate of drug-likeness (QED) is 0.304. The number of rotatable bonds is 13. The van der Waals surface area contributed by atoms with E-state index in [1.54, 1.807) is 19.6 Å². The number of anilines is 1. The monoisotopic (exact) mass is 403 g/mol. The predicted molar refractivity (Wildman–Crippen MR) is 116 cm³/mol. The zero-order valence-electron chi connectivity index (χ0n) is 17.6. The van der Waals surface area contributed by atoms with Crippen LogP contribution in [0.25, 0.3) is 0 Å². The van der Waals surface area contributed by atoms with Gasteiger partial charge in [-0.1, -0.05) is 0 Å². The Morgan fingerprint density at radius 1 is 1.17 bits per heavy atom. The Hall–Kier alpha value is -2.58. The van der Waals surface area contributed by atoms with Crippen molar-refractivity contribution >= 4 is 11.6 Å². The molecule has 0 radical (unpaired) electrons. The molecule has 8 nitrogen and oxygen atoms in total. The maximum atomic E-state index is 5.70. The van der Waals surface area contributed by atoms with Crippen molar-refractivity contribution in [3.05, 3.63) is 43.0 Å². The predicted octanol–water partition coefficient (Wildman–Crippen LogP) is 2.78. The molecule has 0 spiro atoms. The van der Waals surface area contributed by atoms with Crippen LogP contribution in [0, 0.1) is 0 Å². The van der Waals surface area contributed by atoms with E-state index >= 15 is 0 Å². The second-order valence-electron chi connectivity index (χ2n) is 6.73. The number of benzene rings is 1. The van der Waals surface area contributed by atoms with Gasteiger partial charge in [0.1, 0.15) is 5.75 Å². The van der Waals surface area contributed by atoms with Gasteiger partial charge in [0.2, 0.25) is 0 Å². The minimum Gasteiger partial charge on any atom is -0.491 e. The number of methoxy groups -OCH3 is 1. The van der Waals surface area contributed by atoms with Gasteiger partial charge in [0.15, 0.2) is 5.96 Å². The van der Waals surface area contributed by atoms with Crippen LogP contribution in [-0.2, 0) is 16.0 Å². The number of imidazole rings is 1. The summed E-state index contributed by atoms with van der Waals surface area (Å²) in [7, 11) is 1.67. The zero-order chi connectivity index (χ0) is 20.7. The van der Waals surface area contributed by atoms with Gasteiger partial charge in [-0.05, 0) is 44.5 Å². The molecular weight excluding hydrogens is 370 g/mol. The summed E-state index contributed by atoms with van der Waals surface area (Å²) in [6.07, 6.45) is 6.52. The summed E-state index contributed by atoms with van der Waals surface area (Å²) in [5.74, 6) is 1.59. The third-order valence-corrected chi connectivity index (χ3v) is 3.86. The van der Waals surface area contributed by atoms with E-state index in [0.29, 0.717) is 26.4 Å². The van der Waals surface area contributed by atoms with Gasteiger partial charge in [-0.15, -0.1) is 0 Å². The fraction of sp³-hybridized carbons (Fsp3) is 0.524. The summed E-state index contributed by atoms with van der Waals surface area (Å²) in [5, 5.41) is 6.71. The Bertz CT molecular complexity index is 687. The van der Waals surface area contributed by atoms with Crippen molar-refractivity contribution in [1.82, 2.24) is 14.9 Å². The molecule has 2 rings (SSSR count). The Morgan fingerprint density at radius 2 is 2.00 bits per heavy atom. The molecule has 0 amide bonds. The standard InChI is InChI=1S/C21H33N5O3/c1-18(2)29-20-7-5-19(6-8-20)25-21(23-9-4-14-28-16-15-27-3)24-11-13-26-12-10-22-17-26/h5-8,10,12,17-18H,4,9,11,13-16H2,1-3H3,(H2,23,24,25). The van der Waals surface area contributed by atoms with Gasteiger partial charge in [0.25, 0.3) is 0 Å². The first-order valence-corrected chi connectivity index (χ1v) is 10.0. The normalized spacial score (nSPS) is 11.7. The van der Waals surface area contributed by atoms with Crippen molar-refractivity contribution in [2.45, 2.75) is 32.9 Å². The minimum atomic E-state index is 0.155. The van der Waals surface area contributed by atoms with Crippen LogP contribution in [0.3, 0.4) is 0 Å². The number of nitrogens with one attached hydrogen (secondary N) is 2. The molecule has 0 aliphatic heterocycles. The SMILES string of the molecule is COCCOCCCN=C(NCCn1ccnc1)Nc1ccc(OC(C)C)cc1. The largest absolute Gasteiger partial charge is 0.491 e. The molecule has 8 heteroatoms. The van der Waals surface area contributed by atoms with E-state index in [1.807, 2.05) is 48.9 Å². The molecule has 0 bridgehead atoms. The van der Waals surface area contributed by atoms with E-state index in [0.717, 1.165) is 36.9 Å². The van der Waals surface area contributed by atoms with Crippen molar-refractivity contribution in [2.75, 3.05) is 45.3 Å². The summed E-state index contributed by atoms with van der Waals surface area (Å²) in [6, 6.07) is 7.88. The molecule has 29 heavy (non-hydrogen) atoms. The van der Waals surface area contributed by atoms with E-state index in [2.05, 4.69) is 20.6 Å². The number of nitrogens with zero attached hydrogens (tertiary/aromatic N) is 3. The van der Waals surface area contributed by atoms with Crippen molar-refractivity contribution in [2.24, 2.45) is 4.99 Å². The van der Waals surface area contributed by atoms with E-state index in [1.165, 1.54) is 0 Å². The van der Waals surface area contributed by atoms with Gasteiger partial charge in [0.05, 0.1) is 25.6 Å². The molecule has 2 aromatic rings. The van der Waals surface area contributed by atoms with Crippen LogP contribution >= 0.6 is 0 Å². The summed E-state index contributed by atoms with van der Waals surface area (Å²) in [6.45, 7) is 8.13. The fourth-order valence-electron chi connectivity index (χ4n) is 2.49. The second kappa shape index (κ2) is 13.6. The summed E-state index contributed by atoms with van der Waals surface area (Å²) in [5.41, 5.74) is 0.950. The van der Waals surface area contributed by atoms with Crippen molar-refractivity contribution in [1.29, 1.82) is 0 Å². The molecule has 0 saturated heterocycles. The average molecular weight is 404 g/mol. The highest BCUT2D eigenvalue weighted by atomic mass is 16.5. The van der Waals surface area contributed by atoms with E-state index in [9.17, 15) is 0 Å². The van der Waals surface area contributed by atoms with E-state index in [-0.39, 0.29) is 6.10 Å². The summed E-state index contributed by atoms with van der Waals surface area (Å²) >= 11 is 0. The zero-order valence-corrected chi connectivity index (χ0v) is 17.6. The lowest BCUT2D eigenvalue weighted by Crippen LogP contribution is -2.33. The lowest BCUT2D eigenvalue weighted by Gasteiger charge is -2.14. The highest BCUT2D eigenvalue weighted by Gasteiger charge is 2.02. The van der Waals surface area contributed by atoms with Crippen molar-refractivity contribution in [3.63, 3.8) is 0 Å². The van der Waals surface area contributed by atoms with Gasteiger partial charge in [-0.2, -0.15) is 0 Å². The Balaban J connectivity index is 1.85. The molecule has 1 heterocycles. The van der Waals surface area contributed by atoms with Gasteiger partial charge in [-0.25, -0.2) is 4.98 Å². The number of hydrogen-bond donors (Lipinski definition) is 2. The van der Waals surface area contributed by atoms with Crippen LogP contribution in [0.2, 0.25) is 0 Å². The van der Waals surface area contributed by atoms with Crippen LogP contribution < -0.4 is 15.4 Å². The topological polar surface area (TPSA) is 81.9 Å². The molecule has 0 aliphatic carbocycles. The first-order valence-electron chi connectivity index (χ1n) is 10.0. The number of aromatic nitrogens is 2. The number of aliphatic imine (C=N–C) groups is 1. The smallest absolute Gasteiger partial charge is 0.195 e. The summed E-state index contributed by atoms with van der Waals surface area (Å²) in [4.78, 5) is 8.72. The molecule has 1 aromatic heterocycles. The molecule has 0 saturated carbocycles. The van der Waals surface area contributed by atoms with Crippen LogP contribution in [0.1, 0.15) is 20.3 Å². The van der Waals surface area contributed by atoms with Gasteiger partial charge >= 0.3 is 0 Å². The van der Waals surface area contributed by atoms with E-state index in [4.69, 9.17) is 14.2 Å². The van der Waals surface area contributed by atoms with Crippen molar-refractivity contribution in [3.8, 4) is 5.75 Å². The molecule has 160 valence electrons. The maximum Gasteiger partial charge on any atom is 0.195 e. The molecule has 0 aliphatic rings. The fourth-order valence-corrected chi connectivity index (χ4v) is 2.49. The van der Waals surface area contributed by atoms with E-state index < -0.39 is 0 Å². The Morgan fingerprint density at radius 3 is 2.69 bits per heavy atom. The third kappa shape index (κ3) is 9.96. The highest BCUT2D eigenvalue weighted by Crippen LogP contribution is 2.16.